The third kappa shape index (κ3) is 4.66. The summed E-state index contributed by atoms with van der Waals surface area (Å²) in [5.74, 6) is 2.73. The standard InChI is InChI=1S/C22H31N3O4/c1-28-19-6-2-3-7-20(19)29-10-9-23-21(26)15-24-12-16-11-17(14-24)18-5-4-8-22(27)25(18)13-16/h2-3,6-7,16-18H,4-5,8-15H2,1H3,(H,23,26)/t16-,17-,18-/m1/s1. The molecule has 158 valence electrons. The van der Waals surface area contributed by atoms with E-state index in [1.165, 1.54) is 6.42 Å². The molecule has 7 heteroatoms. The van der Waals surface area contributed by atoms with Crippen molar-refractivity contribution < 1.29 is 19.1 Å². The molecule has 3 aliphatic rings. The average molecular weight is 402 g/mol. The Bertz CT molecular complexity index is 741. The van der Waals surface area contributed by atoms with E-state index in [0.29, 0.717) is 61.4 Å². The molecule has 3 fully saturated rings. The van der Waals surface area contributed by atoms with Gasteiger partial charge < -0.3 is 19.7 Å². The maximum atomic E-state index is 12.4. The highest BCUT2D eigenvalue weighted by atomic mass is 16.5. The summed E-state index contributed by atoms with van der Waals surface area (Å²) >= 11 is 0. The van der Waals surface area contributed by atoms with Gasteiger partial charge in [-0.15, -0.1) is 0 Å². The minimum absolute atomic E-state index is 0.0326. The lowest BCUT2D eigenvalue weighted by Gasteiger charge is -2.52. The molecule has 0 aromatic heterocycles. The molecule has 0 radical (unpaired) electrons. The number of fused-ring (bicyclic) bond motifs is 4. The normalized spacial score (nSPS) is 26.6. The van der Waals surface area contributed by atoms with E-state index in [1.807, 2.05) is 24.3 Å². The molecule has 4 rings (SSSR count). The Hall–Kier alpha value is -2.28. The van der Waals surface area contributed by atoms with Crippen molar-refractivity contribution in [3.05, 3.63) is 24.3 Å². The molecule has 1 aromatic rings. The fourth-order valence-electron chi connectivity index (χ4n) is 5.19. The molecule has 2 amide bonds. The maximum Gasteiger partial charge on any atom is 0.234 e. The molecular formula is C22H31N3O4. The van der Waals surface area contributed by atoms with E-state index >= 15 is 0 Å². The second kappa shape index (κ2) is 9.03. The fourth-order valence-corrected chi connectivity index (χ4v) is 5.19. The topological polar surface area (TPSA) is 71.1 Å². The number of hydrogen-bond donors (Lipinski definition) is 1. The number of nitrogens with zero attached hydrogens (tertiary/aromatic N) is 2. The zero-order valence-corrected chi connectivity index (χ0v) is 17.1. The van der Waals surface area contributed by atoms with Crippen LogP contribution in [0.4, 0.5) is 0 Å². The molecule has 3 saturated heterocycles. The highest BCUT2D eigenvalue weighted by Crippen LogP contribution is 2.37. The van der Waals surface area contributed by atoms with Gasteiger partial charge in [0.05, 0.1) is 20.2 Å². The number of carbonyl (C=O) groups is 2. The molecule has 2 bridgehead atoms. The number of rotatable bonds is 7. The Morgan fingerprint density at radius 2 is 2.03 bits per heavy atom. The van der Waals surface area contributed by atoms with Crippen molar-refractivity contribution in [3.8, 4) is 11.5 Å². The third-order valence-corrected chi connectivity index (χ3v) is 6.37. The molecule has 0 spiro atoms. The van der Waals surface area contributed by atoms with Gasteiger partial charge in [-0.2, -0.15) is 0 Å². The first-order valence-electron chi connectivity index (χ1n) is 10.7. The number of hydrogen-bond acceptors (Lipinski definition) is 5. The first-order valence-corrected chi connectivity index (χ1v) is 10.7. The van der Waals surface area contributed by atoms with Crippen LogP contribution < -0.4 is 14.8 Å². The van der Waals surface area contributed by atoms with E-state index in [2.05, 4.69) is 15.1 Å². The lowest BCUT2D eigenvalue weighted by atomic mass is 9.76. The summed E-state index contributed by atoms with van der Waals surface area (Å²) in [5, 5.41) is 2.96. The van der Waals surface area contributed by atoms with Gasteiger partial charge in [0, 0.05) is 32.1 Å². The van der Waals surface area contributed by atoms with Crippen LogP contribution in [0.25, 0.3) is 0 Å². The molecule has 7 nitrogen and oxygen atoms in total. The quantitative estimate of drug-likeness (QED) is 0.702. The zero-order chi connectivity index (χ0) is 20.2. The first-order chi connectivity index (χ1) is 14.1. The second-order valence-electron chi connectivity index (χ2n) is 8.41. The first kappa shape index (κ1) is 20.0. The van der Waals surface area contributed by atoms with Crippen molar-refractivity contribution >= 4 is 11.8 Å². The lowest BCUT2D eigenvalue weighted by Crippen LogP contribution is -2.61. The van der Waals surface area contributed by atoms with E-state index in [0.717, 1.165) is 32.5 Å². The number of ether oxygens (including phenoxy) is 2. The van der Waals surface area contributed by atoms with Crippen LogP contribution in [0.1, 0.15) is 25.7 Å². The lowest BCUT2D eigenvalue weighted by molar-refractivity contribution is -0.145. The van der Waals surface area contributed by atoms with Gasteiger partial charge in [0.1, 0.15) is 6.61 Å². The van der Waals surface area contributed by atoms with E-state index in [1.54, 1.807) is 7.11 Å². The van der Waals surface area contributed by atoms with Crippen LogP contribution in [-0.2, 0) is 9.59 Å². The molecule has 3 heterocycles. The summed E-state index contributed by atoms with van der Waals surface area (Å²) < 4.78 is 11.0. The van der Waals surface area contributed by atoms with Crippen molar-refractivity contribution in [1.29, 1.82) is 0 Å². The number of likely N-dealkylation sites (tertiary alicyclic amines) is 1. The molecule has 3 atom stereocenters. The minimum Gasteiger partial charge on any atom is -0.493 e. The van der Waals surface area contributed by atoms with Crippen LogP contribution in [-0.4, -0.2) is 74.1 Å². The van der Waals surface area contributed by atoms with Crippen LogP contribution in [0.5, 0.6) is 11.5 Å². The van der Waals surface area contributed by atoms with Crippen LogP contribution in [0.15, 0.2) is 24.3 Å². The summed E-state index contributed by atoms with van der Waals surface area (Å²) in [6.45, 7) is 3.96. The van der Waals surface area contributed by atoms with Crippen LogP contribution >= 0.6 is 0 Å². The molecule has 1 aromatic carbocycles. The average Bonchev–Trinajstić information content (AvgIpc) is 2.72. The monoisotopic (exact) mass is 401 g/mol. The molecule has 29 heavy (non-hydrogen) atoms. The number of nitrogens with one attached hydrogen (secondary N) is 1. The number of para-hydroxylation sites is 2. The van der Waals surface area contributed by atoms with Crippen LogP contribution in [0.3, 0.4) is 0 Å². The Labute approximate surface area is 172 Å². The number of amides is 2. The van der Waals surface area contributed by atoms with E-state index in [9.17, 15) is 9.59 Å². The van der Waals surface area contributed by atoms with E-state index in [4.69, 9.17) is 9.47 Å². The van der Waals surface area contributed by atoms with Crippen molar-refractivity contribution in [2.75, 3.05) is 46.4 Å². The zero-order valence-electron chi connectivity index (χ0n) is 17.1. The van der Waals surface area contributed by atoms with Crippen molar-refractivity contribution in [2.45, 2.75) is 31.7 Å². The fraction of sp³-hybridized carbons (Fsp3) is 0.636. The van der Waals surface area contributed by atoms with Crippen molar-refractivity contribution in [1.82, 2.24) is 15.1 Å². The Balaban J connectivity index is 1.21. The Morgan fingerprint density at radius 3 is 2.86 bits per heavy atom. The smallest absolute Gasteiger partial charge is 0.234 e. The number of piperidine rings is 3. The van der Waals surface area contributed by atoms with E-state index < -0.39 is 0 Å². The summed E-state index contributed by atoms with van der Waals surface area (Å²) in [6, 6.07) is 7.87. The number of carbonyl (C=O) groups excluding carboxylic acids is 2. The Kier molecular flexibility index (Phi) is 6.23. The van der Waals surface area contributed by atoms with Gasteiger partial charge >= 0.3 is 0 Å². The van der Waals surface area contributed by atoms with Gasteiger partial charge in [-0.3, -0.25) is 14.5 Å². The molecule has 0 saturated carbocycles. The number of methoxy groups -OCH3 is 1. The molecule has 3 aliphatic heterocycles. The van der Waals surface area contributed by atoms with Crippen LogP contribution in [0, 0.1) is 11.8 Å². The van der Waals surface area contributed by atoms with Gasteiger partial charge in [0.15, 0.2) is 11.5 Å². The number of benzene rings is 1. The Morgan fingerprint density at radius 1 is 1.21 bits per heavy atom. The predicted octanol–water partition coefficient (Wildman–Crippen LogP) is 1.52. The van der Waals surface area contributed by atoms with Gasteiger partial charge in [-0.1, -0.05) is 12.1 Å². The SMILES string of the molecule is COc1ccccc1OCCNC(=O)CN1C[C@H]2C[C@H](C1)[C@H]1CCCC(=O)N1C2. The molecule has 0 aliphatic carbocycles. The summed E-state index contributed by atoms with van der Waals surface area (Å²) in [7, 11) is 1.61. The maximum absolute atomic E-state index is 12.4. The summed E-state index contributed by atoms with van der Waals surface area (Å²) in [6.07, 6.45) is 4.02. The van der Waals surface area contributed by atoms with Crippen LogP contribution in [0.2, 0.25) is 0 Å². The van der Waals surface area contributed by atoms with Crippen molar-refractivity contribution in [3.63, 3.8) is 0 Å². The van der Waals surface area contributed by atoms with E-state index in [-0.39, 0.29) is 5.91 Å². The highest BCUT2D eigenvalue weighted by Gasteiger charge is 2.43. The molecule has 1 N–H and O–H groups in total. The molecular weight excluding hydrogens is 370 g/mol. The van der Waals surface area contributed by atoms with Gasteiger partial charge in [-0.05, 0) is 43.2 Å². The third-order valence-electron chi connectivity index (χ3n) is 6.37. The predicted molar refractivity (Wildman–Crippen MR) is 109 cm³/mol. The summed E-state index contributed by atoms with van der Waals surface area (Å²) in [4.78, 5) is 29.0. The molecule has 0 unspecified atom stereocenters. The van der Waals surface area contributed by atoms with Gasteiger partial charge in [0.25, 0.3) is 0 Å². The summed E-state index contributed by atoms with van der Waals surface area (Å²) in [5.41, 5.74) is 0. The van der Waals surface area contributed by atoms with Gasteiger partial charge in [0.2, 0.25) is 11.8 Å². The highest BCUT2D eigenvalue weighted by molar-refractivity contribution is 5.78. The van der Waals surface area contributed by atoms with Gasteiger partial charge in [-0.25, -0.2) is 0 Å². The second-order valence-corrected chi connectivity index (χ2v) is 8.41. The largest absolute Gasteiger partial charge is 0.493 e. The minimum atomic E-state index is 0.0326. The van der Waals surface area contributed by atoms with Crippen molar-refractivity contribution in [2.24, 2.45) is 11.8 Å².